The molecule has 0 amide bonds. The van der Waals surface area contributed by atoms with Gasteiger partial charge < -0.3 is 4.43 Å². The maximum absolute atomic E-state index is 5.50. The van der Waals surface area contributed by atoms with E-state index in [1.807, 2.05) is 0 Å². The molecule has 0 aromatic carbocycles. The molecule has 0 aliphatic carbocycles. The minimum absolute atomic E-state index is 0.150. The lowest BCUT2D eigenvalue weighted by atomic mass is 10.00. The highest BCUT2D eigenvalue weighted by Gasteiger charge is 2.13. The van der Waals surface area contributed by atoms with E-state index in [0.29, 0.717) is 0 Å². The van der Waals surface area contributed by atoms with Crippen LogP contribution in [0.1, 0.15) is 65.7 Å². The van der Waals surface area contributed by atoms with Crippen molar-refractivity contribution in [2.75, 3.05) is 0 Å². The van der Waals surface area contributed by atoms with Gasteiger partial charge in [-0.25, -0.2) is 0 Å². The molecule has 0 rings (SSSR count). The average Bonchev–Trinajstić information content (AvgIpc) is 2.11. The lowest BCUT2D eigenvalue weighted by Crippen LogP contribution is -2.22. The minimum Gasteiger partial charge on any atom is -0.423 e. The topological polar surface area (TPSA) is 9.23 Å². The Morgan fingerprint density at radius 1 is 1.00 bits per heavy atom. The van der Waals surface area contributed by atoms with E-state index in [1.165, 1.54) is 44.9 Å². The maximum Gasteiger partial charge on any atom is 0.146 e. The molecule has 0 saturated heterocycles. The van der Waals surface area contributed by atoms with E-state index in [9.17, 15) is 0 Å². The molecule has 0 N–H and O–H groups in total. The third-order valence-electron chi connectivity index (χ3n) is 2.68. The molecule has 1 nitrogen and oxygen atoms in total. The number of rotatable bonds is 8. The zero-order valence-corrected chi connectivity index (χ0v) is 11.9. The molecule has 0 fully saturated rings. The second kappa shape index (κ2) is 7.57. The van der Waals surface area contributed by atoms with Crippen LogP contribution in [-0.4, -0.2) is 16.1 Å². The Hall–Kier alpha value is 0.177. The van der Waals surface area contributed by atoms with Crippen molar-refractivity contribution in [1.29, 1.82) is 0 Å². The van der Waals surface area contributed by atoms with Crippen LogP contribution in [0.25, 0.3) is 0 Å². The van der Waals surface area contributed by atoms with Crippen molar-refractivity contribution in [3.8, 4) is 0 Å². The largest absolute Gasteiger partial charge is 0.423 e. The average molecular weight is 202 g/mol. The maximum atomic E-state index is 5.50. The van der Waals surface area contributed by atoms with Gasteiger partial charge in [0.1, 0.15) is 10.5 Å². The van der Waals surface area contributed by atoms with Crippen LogP contribution in [-0.2, 0) is 4.43 Å². The van der Waals surface area contributed by atoms with Crippen molar-refractivity contribution in [3.63, 3.8) is 0 Å². The van der Waals surface area contributed by atoms with Gasteiger partial charge in [-0.3, -0.25) is 0 Å². The first-order valence-corrected chi connectivity index (χ1v) is 6.49. The Kier molecular flexibility index (Phi) is 7.67. The number of hydrogen-bond acceptors (Lipinski definition) is 1. The molecule has 80 valence electrons. The molecule has 0 spiro atoms. The van der Waals surface area contributed by atoms with Crippen molar-refractivity contribution in [2.45, 2.75) is 71.3 Å². The van der Waals surface area contributed by atoms with Crippen molar-refractivity contribution in [2.24, 2.45) is 0 Å². The van der Waals surface area contributed by atoms with Crippen LogP contribution >= 0.6 is 0 Å². The zero-order valence-electron chi connectivity index (χ0n) is 9.86. The van der Waals surface area contributed by atoms with Crippen LogP contribution in [0.2, 0.25) is 0 Å². The molecule has 0 heterocycles. The van der Waals surface area contributed by atoms with Crippen molar-refractivity contribution in [1.82, 2.24) is 0 Å². The molecule has 13 heavy (non-hydrogen) atoms. The molecule has 0 aromatic rings. The Bertz CT molecular complexity index is 113. The Morgan fingerprint density at radius 3 is 2.08 bits per heavy atom. The monoisotopic (exact) mass is 202 g/mol. The Morgan fingerprint density at radius 2 is 1.54 bits per heavy atom. The van der Waals surface area contributed by atoms with Crippen molar-refractivity contribution in [3.05, 3.63) is 0 Å². The lowest BCUT2D eigenvalue weighted by molar-refractivity contribution is 0.109. The first-order valence-electron chi connectivity index (χ1n) is 5.67. The molecule has 0 saturated carbocycles. The Labute approximate surface area is 86.8 Å². The SMILES string of the molecule is CCCCCCCCC(C)(C)O[SiH3]. The van der Waals surface area contributed by atoms with Gasteiger partial charge in [-0.15, -0.1) is 0 Å². The van der Waals surface area contributed by atoms with Crippen molar-refractivity contribution < 1.29 is 4.43 Å². The summed E-state index contributed by atoms with van der Waals surface area (Å²) in [6.07, 6.45) is 9.51. The van der Waals surface area contributed by atoms with E-state index in [0.717, 1.165) is 10.5 Å². The van der Waals surface area contributed by atoms with E-state index in [4.69, 9.17) is 4.43 Å². The molecule has 0 bridgehead atoms. The second-order valence-corrected chi connectivity index (χ2v) is 4.89. The Balaban J connectivity index is 3.16. The molecular weight excluding hydrogens is 176 g/mol. The lowest BCUT2D eigenvalue weighted by Gasteiger charge is -2.23. The molecule has 0 unspecified atom stereocenters. The predicted octanol–water partition coefficient (Wildman–Crippen LogP) is 2.81. The van der Waals surface area contributed by atoms with Gasteiger partial charge in [-0.05, 0) is 20.3 Å². The molecular formula is C11H26OSi. The summed E-state index contributed by atoms with van der Waals surface area (Å²) in [5.74, 6) is 0. The summed E-state index contributed by atoms with van der Waals surface area (Å²) in [7, 11) is 0.868. The zero-order chi connectivity index (χ0) is 10.2. The van der Waals surface area contributed by atoms with Crippen LogP contribution in [0.3, 0.4) is 0 Å². The number of unbranched alkanes of at least 4 members (excludes halogenated alkanes) is 5. The van der Waals surface area contributed by atoms with Crippen LogP contribution in [0.15, 0.2) is 0 Å². The fourth-order valence-corrected chi connectivity index (χ4v) is 1.64. The van der Waals surface area contributed by atoms with Gasteiger partial charge in [0.15, 0.2) is 0 Å². The van der Waals surface area contributed by atoms with Crippen molar-refractivity contribution >= 4 is 10.5 Å². The fourth-order valence-electron chi connectivity index (χ4n) is 1.43. The predicted molar refractivity (Wildman–Crippen MR) is 63.1 cm³/mol. The van der Waals surface area contributed by atoms with Gasteiger partial charge in [0.25, 0.3) is 0 Å². The van der Waals surface area contributed by atoms with Gasteiger partial charge in [0.05, 0.1) is 0 Å². The van der Waals surface area contributed by atoms with E-state index in [2.05, 4.69) is 20.8 Å². The standard InChI is InChI=1S/C11H26OSi/c1-4-5-6-7-8-9-10-11(2,3)12-13/h4-10H2,1-3,13H3. The van der Waals surface area contributed by atoms with Crippen LogP contribution < -0.4 is 0 Å². The van der Waals surface area contributed by atoms with Gasteiger partial charge in [-0.2, -0.15) is 0 Å². The smallest absolute Gasteiger partial charge is 0.146 e. The van der Waals surface area contributed by atoms with Gasteiger partial charge in [-0.1, -0.05) is 45.4 Å². The highest BCUT2D eigenvalue weighted by Crippen LogP contribution is 2.17. The summed E-state index contributed by atoms with van der Waals surface area (Å²) in [5.41, 5.74) is 0.150. The highest BCUT2D eigenvalue weighted by atomic mass is 28.2. The fraction of sp³-hybridized carbons (Fsp3) is 1.00. The summed E-state index contributed by atoms with van der Waals surface area (Å²) >= 11 is 0. The first kappa shape index (κ1) is 13.2. The molecule has 2 heteroatoms. The van der Waals surface area contributed by atoms with E-state index in [1.54, 1.807) is 0 Å². The van der Waals surface area contributed by atoms with E-state index >= 15 is 0 Å². The van der Waals surface area contributed by atoms with E-state index < -0.39 is 0 Å². The first-order chi connectivity index (χ1) is 6.12. The summed E-state index contributed by atoms with van der Waals surface area (Å²) in [4.78, 5) is 0. The van der Waals surface area contributed by atoms with Gasteiger partial charge in [0.2, 0.25) is 0 Å². The normalized spacial score (nSPS) is 12.2. The molecule has 0 radical (unpaired) electrons. The molecule has 0 aromatic heterocycles. The van der Waals surface area contributed by atoms with Crippen LogP contribution in [0.4, 0.5) is 0 Å². The second-order valence-electron chi connectivity index (χ2n) is 4.48. The summed E-state index contributed by atoms with van der Waals surface area (Å²) in [5, 5.41) is 0. The van der Waals surface area contributed by atoms with Gasteiger partial charge >= 0.3 is 0 Å². The third kappa shape index (κ3) is 8.51. The van der Waals surface area contributed by atoms with Gasteiger partial charge in [0, 0.05) is 5.60 Å². The van der Waals surface area contributed by atoms with E-state index in [-0.39, 0.29) is 5.60 Å². The van der Waals surface area contributed by atoms with Crippen LogP contribution in [0, 0.1) is 0 Å². The quantitative estimate of drug-likeness (QED) is 0.434. The highest BCUT2D eigenvalue weighted by molar-refractivity contribution is 5.98. The summed E-state index contributed by atoms with van der Waals surface area (Å²) in [6.45, 7) is 6.66. The summed E-state index contributed by atoms with van der Waals surface area (Å²) < 4.78 is 5.50. The summed E-state index contributed by atoms with van der Waals surface area (Å²) in [6, 6.07) is 0. The minimum atomic E-state index is 0.150. The van der Waals surface area contributed by atoms with Crippen LogP contribution in [0.5, 0.6) is 0 Å². The number of hydrogen-bond donors (Lipinski definition) is 0. The molecule has 0 aliphatic heterocycles. The molecule has 0 aliphatic rings. The third-order valence-corrected chi connectivity index (χ3v) is 3.79. The molecule has 0 atom stereocenters.